The Hall–Kier alpha value is -1.62. The van der Waals surface area contributed by atoms with Crippen molar-refractivity contribution in [3.05, 3.63) is 34.7 Å². The molecule has 1 N–H and O–H groups in total. The van der Waals surface area contributed by atoms with E-state index in [1.54, 1.807) is 25.4 Å². The Morgan fingerprint density at radius 1 is 1.45 bits per heavy atom. The number of nitrogens with zero attached hydrogens (tertiary/aromatic N) is 1. The van der Waals surface area contributed by atoms with Gasteiger partial charge >= 0.3 is 0 Å². The van der Waals surface area contributed by atoms with Gasteiger partial charge in [0, 0.05) is 30.8 Å². The van der Waals surface area contributed by atoms with Crippen molar-refractivity contribution in [2.24, 2.45) is 5.41 Å². The molecule has 1 fully saturated rings. The average molecular weight is 278 g/mol. The summed E-state index contributed by atoms with van der Waals surface area (Å²) in [7, 11) is 1.70. The van der Waals surface area contributed by atoms with Crippen molar-refractivity contribution in [1.29, 1.82) is 0 Å². The third kappa shape index (κ3) is 2.38. The van der Waals surface area contributed by atoms with Crippen LogP contribution in [0, 0.1) is 5.41 Å². The van der Waals surface area contributed by atoms with Gasteiger partial charge in [-0.25, -0.2) is 0 Å². The van der Waals surface area contributed by atoms with E-state index in [-0.39, 0.29) is 35.1 Å². The van der Waals surface area contributed by atoms with Gasteiger partial charge in [-0.15, -0.1) is 0 Å². The second-order valence-electron chi connectivity index (χ2n) is 6.15. The minimum Gasteiger partial charge on any atom is -0.378 e. The highest BCUT2D eigenvalue weighted by Gasteiger charge is 2.58. The maximum atomic E-state index is 12.0. The molecule has 2 atom stereocenters. The van der Waals surface area contributed by atoms with Gasteiger partial charge in [-0.1, -0.05) is 19.9 Å². The van der Waals surface area contributed by atoms with E-state index in [9.17, 15) is 9.59 Å². The van der Waals surface area contributed by atoms with E-state index >= 15 is 0 Å². The molecular weight excluding hydrogens is 256 g/mol. The van der Waals surface area contributed by atoms with Crippen molar-refractivity contribution in [2.45, 2.75) is 45.4 Å². The molecule has 0 spiro atoms. The van der Waals surface area contributed by atoms with Crippen molar-refractivity contribution in [2.75, 3.05) is 7.11 Å². The number of carbonyl (C=O) groups is 1. The number of hydrogen-bond acceptors (Lipinski definition) is 3. The Balaban J connectivity index is 1.98. The maximum absolute atomic E-state index is 12.0. The molecule has 1 aliphatic rings. The Labute approximate surface area is 118 Å². The van der Waals surface area contributed by atoms with Gasteiger partial charge in [-0.05, 0) is 19.4 Å². The minimum absolute atomic E-state index is 0.0515. The van der Waals surface area contributed by atoms with Crippen LogP contribution in [0.1, 0.15) is 27.2 Å². The zero-order chi connectivity index (χ0) is 15.0. The van der Waals surface area contributed by atoms with Gasteiger partial charge in [0.25, 0.3) is 5.56 Å². The number of carbonyl (C=O) groups excluding carboxylic acids is 1. The summed E-state index contributed by atoms with van der Waals surface area (Å²) < 4.78 is 6.93. The molecule has 0 bridgehead atoms. The summed E-state index contributed by atoms with van der Waals surface area (Å²) in [5.74, 6) is -0.144. The van der Waals surface area contributed by atoms with E-state index in [1.165, 1.54) is 10.6 Å². The second-order valence-corrected chi connectivity index (χ2v) is 6.15. The molecule has 20 heavy (non-hydrogen) atoms. The Bertz CT molecular complexity index is 564. The fourth-order valence-electron chi connectivity index (χ4n) is 2.71. The third-order valence-corrected chi connectivity index (χ3v) is 4.83. The molecule has 0 aliphatic heterocycles. The summed E-state index contributed by atoms with van der Waals surface area (Å²) in [6.45, 7) is 6.27. The average Bonchev–Trinajstić information content (AvgIpc) is 2.40. The predicted molar refractivity (Wildman–Crippen MR) is 76.4 cm³/mol. The number of amides is 1. The lowest BCUT2D eigenvalue weighted by atomic mass is 9.56. The van der Waals surface area contributed by atoms with Crippen LogP contribution in [0.3, 0.4) is 0 Å². The first-order valence-electron chi connectivity index (χ1n) is 6.80. The van der Waals surface area contributed by atoms with Crippen LogP contribution in [0.5, 0.6) is 0 Å². The summed E-state index contributed by atoms with van der Waals surface area (Å²) in [4.78, 5) is 23.6. The van der Waals surface area contributed by atoms with Gasteiger partial charge < -0.3 is 14.6 Å². The van der Waals surface area contributed by atoms with Crippen LogP contribution in [0.15, 0.2) is 29.2 Å². The summed E-state index contributed by atoms with van der Waals surface area (Å²) in [5.41, 5.74) is -0.509. The van der Waals surface area contributed by atoms with E-state index < -0.39 is 0 Å². The maximum Gasteiger partial charge on any atom is 0.250 e. The third-order valence-electron chi connectivity index (χ3n) is 4.83. The minimum atomic E-state index is -0.214. The smallest absolute Gasteiger partial charge is 0.250 e. The molecule has 1 aromatic rings. The molecule has 0 unspecified atom stereocenters. The first-order valence-corrected chi connectivity index (χ1v) is 6.80. The number of nitrogens with one attached hydrogen (secondary N) is 1. The van der Waals surface area contributed by atoms with E-state index in [0.29, 0.717) is 0 Å². The van der Waals surface area contributed by atoms with Crippen LogP contribution >= 0.6 is 0 Å². The largest absolute Gasteiger partial charge is 0.378 e. The highest BCUT2D eigenvalue weighted by atomic mass is 16.5. The number of rotatable bonds is 4. The number of hydrogen-bond donors (Lipinski definition) is 1. The van der Waals surface area contributed by atoms with Gasteiger partial charge in [-0.3, -0.25) is 9.59 Å². The molecule has 1 heterocycles. The van der Waals surface area contributed by atoms with Crippen molar-refractivity contribution in [3.8, 4) is 0 Å². The van der Waals surface area contributed by atoms with Crippen LogP contribution in [0.25, 0.3) is 0 Å². The van der Waals surface area contributed by atoms with Crippen molar-refractivity contribution < 1.29 is 9.53 Å². The fraction of sp³-hybridized carbons (Fsp3) is 0.600. The molecule has 5 heteroatoms. The molecule has 1 amide bonds. The van der Waals surface area contributed by atoms with E-state index in [1.807, 2.05) is 0 Å². The zero-order valence-electron chi connectivity index (χ0n) is 12.5. The quantitative estimate of drug-likeness (QED) is 0.899. The summed E-state index contributed by atoms with van der Waals surface area (Å²) >= 11 is 0. The van der Waals surface area contributed by atoms with E-state index in [0.717, 1.165) is 6.42 Å². The highest BCUT2D eigenvalue weighted by Crippen LogP contribution is 2.51. The number of methoxy groups -OCH3 is 1. The number of aromatic nitrogens is 1. The Morgan fingerprint density at radius 3 is 2.70 bits per heavy atom. The monoisotopic (exact) mass is 278 g/mol. The first-order chi connectivity index (χ1) is 9.30. The SMILES string of the molecule is CO[C@@]1(C)C[C@H](NC(=O)Cn2ccccc2=O)C1(C)C. The summed E-state index contributed by atoms with van der Waals surface area (Å²) in [6, 6.07) is 4.92. The Morgan fingerprint density at radius 2 is 2.15 bits per heavy atom. The van der Waals surface area contributed by atoms with Gasteiger partial charge in [0.05, 0.1) is 5.60 Å². The lowest BCUT2D eigenvalue weighted by Crippen LogP contribution is -2.68. The van der Waals surface area contributed by atoms with Crippen LogP contribution < -0.4 is 10.9 Å². The molecule has 110 valence electrons. The van der Waals surface area contributed by atoms with E-state index in [4.69, 9.17) is 4.74 Å². The number of pyridine rings is 1. The van der Waals surface area contributed by atoms with Crippen molar-refractivity contribution in [3.63, 3.8) is 0 Å². The first kappa shape index (κ1) is 14.8. The van der Waals surface area contributed by atoms with Gasteiger partial charge in [0.15, 0.2) is 0 Å². The molecule has 5 nitrogen and oxygen atoms in total. The van der Waals surface area contributed by atoms with Crippen LogP contribution in [-0.4, -0.2) is 29.2 Å². The molecule has 2 rings (SSSR count). The second kappa shape index (κ2) is 5.05. The molecular formula is C15H22N2O3. The van der Waals surface area contributed by atoms with Gasteiger partial charge in [0.1, 0.15) is 6.54 Å². The topological polar surface area (TPSA) is 60.3 Å². The summed E-state index contributed by atoms with van der Waals surface area (Å²) in [6.07, 6.45) is 2.40. The molecule has 0 radical (unpaired) electrons. The molecule has 0 saturated heterocycles. The standard InChI is InChI=1S/C15H22N2O3/c1-14(2)11(9-15(14,3)20-4)16-12(18)10-17-8-6-5-7-13(17)19/h5-8,11H,9-10H2,1-4H3,(H,16,18)/t11-,15-/m0/s1. The zero-order valence-corrected chi connectivity index (χ0v) is 12.5. The Kier molecular flexibility index (Phi) is 3.73. The van der Waals surface area contributed by atoms with Crippen LogP contribution in [0.4, 0.5) is 0 Å². The van der Waals surface area contributed by atoms with Crippen molar-refractivity contribution in [1.82, 2.24) is 9.88 Å². The molecule has 0 aromatic carbocycles. The molecule has 1 aromatic heterocycles. The van der Waals surface area contributed by atoms with Crippen LogP contribution in [0.2, 0.25) is 0 Å². The normalized spacial score (nSPS) is 27.7. The number of ether oxygens (including phenoxy) is 1. The van der Waals surface area contributed by atoms with Crippen LogP contribution in [-0.2, 0) is 16.1 Å². The molecule has 1 aliphatic carbocycles. The lowest BCUT2D eigenvalue weighted by Gasteiger charge is -2.59. The fourth-order valence-corrected chi connectivity index (χ4v) is 2.71. The predicted octanol–water partition coefficient (Wildman–Crippen LogP) is 1.17. The van der Waals surface area contributed by atoms with Gasteiger partial charge in [-0.2, -0.15) is 0 Å². The summed E-state index contributed by atoms with van der Waals surface area (Å²) in [5, 5.41) is 2.99. The highest BCUT2D eigenvalue weighted by molar-refractivity contribution is 5.76. The van der Waals surface area contributed by atoms with Crippen molar-refractivity contribution >= 4 is 5.91 Å². The molecule has 1 saturated carbocycles. The lowest BCUT2D eigenvalue weighted by molar-refractivity contribution is -0.182. The van der Waals surface area contributed by atoms with E-state index in [2.05, 4.69) is 26.1 Å². The van der Waals surface area contributed by atoms with Gasteiger partial charge in [0.2, 0.25) is 5.91 Å².